The van der Waals surface area contributed by atoms with E-state index in [2.05, 4.69) is 38.0 Å². The van der Waals surface area contributed by atoms with Gasteiger partial charge in [0.05, 0.1) is 21.8 Å². The molecule has 108 valence electrons. The number of nitrogens with zero attached hydrogens (tertiary/aromatic N) is 3. The van der Waals surface area contributed by atoms with E-state index >= 15 is 0 Å². The Morgan fingerprint density at radius 3 is 3.05 bits per heavy atom. The predicted molar refractivity (Wildman–Crippen MR) is 80.4 cm³/mol. The molecule has 5 nitrogen and oxygen atoms in total. The summed E-state index contributed by atoms with van der Waals surface area (Å²) in [5.74, 6) is 1.68. The molecule has 0 aliphatic carbocycles. The molecule has 1 N–H and O–H groups in total. The van der Waals surface area contributed by atoms with Crippen molar-refractivity contribution in [3.05, 3.63) is 21.8 Å². The number of rotatable bonds is 4. The van der Waals surface area contributed by atoms with Gasteiger partial charge in [-0.15, -0.1) is 21.5 Å². The molecule has 0 spiro atoms. The first-order valence-corrected chi connectivity index (χ1v) is 8.21. The van der Waals surface area contributed by atoms with Crippen molar-refractivity contribution in [1.82, 2.24) is 15.1 Å². The smallest absolute Gasteiger partial charge is 0.257 e. The van der Waals surface area contributed by atoms with Crippen LogP contribution in [0.3, 0.4) is 0 Å². The quantitative estimate of drug-likeness (QED) is 0.911. The Morgan fingerprint density at radius 1 is 1.50 bits per heavy atom. The third kappa shape index (κ3) is 2.81. The topological polar surface area (TPSA) is 62.4 Å². The first-order valence-electron chi connectivity index (χ1n) is 6.60. The molecule has 0 bridgehead atoms. The third-order valence-electron chi connectivity index (χ3n) is 3.77. The van der Waals surface area contributed by atoms with Crippen LogP contribution in [0.1, 0.15) is 19.2 Å². The molecule has 3 heterocycles. The fourth-order valence-corrected chi connectivity index (χ4v) is 3.91. The normalized spacial score (nSPS) is 23.6. The van der Waals surface area contributed by atoms with Gasteiger partial charge in [-0.1, -0.05) is 6.92 Å². The van der Waals surface area contributed by atoms with Gasteiger partial charge >= 0.3 is 0 Å². The minimum atomic E-state index is 0.181. The number of aliphatic hydroxyl groups excluding tert-OH is 1. The Morgan fingerprint density at radius 2 is 2.35 bits per heavy atom. The van der Waals surface area contributed by atoms with Crippen molar-refractivity contribution in [3.8, 4) is 10.8 Å². The molecular formula is C13H16BrN3O2S. The van der Waals surface area contributed by atoms with Crippen molar-refractivity contribution >= 4 is 27.3 Å². The zero-order valence-electron chi connectivity index (χ0n) is 11.1. The Kier molecular flexibility index (Phi) is 4.21. The molecule has 1 aliphatic rings. The van der Waals surface area contributed by atoms with Crippen LogP contribution < -0.4 is 0 Å². The van der Waals surface area contributed by atoms with E-state index in [0.29, 0.717) is 24.2 Å². The second-order valence-electron chi connectivity index (χ2n) is 5.09. The van der Waals surface area contributed by atoms with Crippen LogP contribution in [0.4, 0.5) is 0 Å². The lowest BCUT2D eigenvalue weighted by Crippen LogP contribution is -2.34. The maximum atomic E-state index is 9.46. The van der Waals surface area contributed by atoms with Gasteiger partial charge in [0.1, 0.15) is 0 Å². The number of thiophene rings is 1. The summed E-state index contributed by atoms with van der Waals surface area (Å²) in [6.45, 7) is 3.92. The van der Waals surface area contributed by atoms with Crippen LogP contribution in [0.25, 0.3) is 10.8 Å². The Hall–Kier alpha value is -0.760. The van der Waals surface area contributed by atoms with Crippen LogP contribution in [0, 0.1) is 5.92 Å². The lowest BCUT2D eigenvalue weighted by atomic mass is 10.0. The highest BCUT2D eigenvalue weighted by Crippen LogP contribution is 2.31. The number of likely N-dealkylation sites (tertiary alicyclic amines) is 1. The van der Waals surface area contributed by atoms with Crippen molar-refractivity contribution in [2.75, 3.05) is 13.2 Å². The molecule has 1 fully saturated rings. The van der Waals surface area contributed by atoms with Gasteiger partial charge in [0, 0.05) is 6.04 Å². The van der Waals surface area contributed by atoms with E-state index < -0.39 is 0 Å². The fourth-order valence-electron chi connectivity index (χ4n) is 2.60. The summed E-state index contributed by atoms with van der Waals surface area (Å²) in [6.07, 6.45) is 1.10. The maximum absolute atomic E-state index is 9.46. The molecule has 1 saturated heterocycles. The number of hydrogen-bond acceptors (Lipinski definition) is 6. The number of aliphatic hydroxyl groups is 1. The molecule has 7 heteroatoms. The van der Waals surface area contributed by atoms with Crippen LogP contribution in [-0.4, -0.2) is 39.4 Å². The van der Waals surface area contributed by atoms with E-state index in [1.165, 1.54) is 0 Å². The fraction of sp³-hybridized carbons (Fsp3) is 0.538. The minimum absolute atomic E-state index is 0.181. The van der Waals surface area contributed by atoms with Gasteiger partial charge in [0.15, 0.2) is 0 Å². The number of halogens is 1. The largest absolute Gasteiger partial charge is 0.419 e. The average molecular weight is 358 g/mol. The van der Waals surface area contributed by atoms with Gasteiger partial charge < -0.3 is 9.52 Å². The van der Waals surface area contributed by atoms with Gasteiger partial charge in [-0.25, -0.2) is 0 Å². The molecule has 3 rings (SSSR count). The van der Waals surface area contributed by atoms with Crippen LogP contribution >= 0.6 is 27.3 Å². The maximum Gasteiger partial charge on any atom is 0.257 e. The lowest BCUT2D eigenvalue weighted by Gasteiger charge is -2.23. The number of aromatic nitrogens is 2. The minimum Gasteiger partial charge on any atom is -0.419 e. The molecule has 2 aromatic heterocycles. The summed E-state index contributed by atoms with van der Waals surface area (Å²) < 4.78 is 6.76. The molecule has 0 amide bonds. The summed E-state index contributed by atoms with van der Waals surface area (Å²) in [5, 5.41) is 17.7. The third-order valence-corrected chi connectivity index (χ3v) is 5.39. The molecule has 2 atom stereocenters. The number of hydrogen-bond donors (Lipinski definition) is 1. The van der Waals surface area contributed by atoms with E-state index in [4.69, 9.17) is 4.42 Å². The summed E-state index contributed by atoms with van der Waals surface area (Å²) in [7, 11) is 0. The van der Waals surface area contributed by atoms with Gasteiger partial charge in [-0.3, -0.25) is 4.90 Å². The molecule has 20 heavy (non-hydrogen) atoms. The summed E-state index contributed by atoms with van der Waals surface area (Å²) in [5.41, 5.74) is 0. The van der Waals surface area contributed by atoms with Crippen LogP contribution in [0.5, 0.6) is 0 Å². The summed E-state index contributed by atoms with van der Waals surface area (Å²) in [4.78, 5) is 3.18. The van der Waals surface area contributed by atoms with Crippen LogP contribution in [0.2, 0.25) is 0 Å². The Balaban J connectivity index is 1.71. The first kappa shape index (κ1) is 14.2. The van der Waals surface area contributed by atoms with Crippen molar-refractivity contribution in [2.24, 2.45) is 5.92 Å². The van der Waals surface area contributed by atoms with E-state index in [1.54, 1.807) is 11.3 Å². The first-order chi connectivity index (χ1) is 9.67. The van der Waals surface area contributed by atoms with Gasteiger partial charge in [-0.2, -0.15) is 0 Å². The van der Waals surface area contributed by atoms with Gasteiger partial charge in [-0.05, 0) is 46.9 Å². The summed E-state index contributed by atoms with van der Waals surface area (Å²) >= 11 is 4.99. The Labute approximate surface area is 129 Å². The molecule has 2 unspecified atom stereocenters. The summed E-state index contributed by atoms with van der Waals surface area (Å²) in [6, 6.07) is 4.12. The molecule has 0 radical (unpaired) electrons. The van der Waals surface area contributed by atoms with Crippen molar-refractivity contribution in [2.45, 2.75) is 25.9 Å². The molecule has 1 aliphatic heterocycles. The molecule has 0 aromatic carbocycles. The van der Waals surface area contributed by atoms with Gasteiger partial charge in [0.25, 0.3) is 5.89 Å². The molecular weight excluding hydrogens is 342 g/mol. The van der Waals surface area contributed by atoms with E-state index in [1.807, 2.05) is 12.1 Å². The van der Waals surface area contributed by atoms with Crippen molar-refractivity contribution in [3.63, 3.8) is 0 Å². The van der Waals surface area contributed by atoms with Crippen LogP contribution in [-0.2, 0) is 6.54 Å². The standard InChI is InChI=1S/C13H16BrN3O2S/c1-8-4-5-17(9(8)7-18)6-12-15-16-13(19-12)10-2-3-11(14)20-10/h2-3,8-9,18H,4-7H2,1H3. The highest BCUT2D eigenvalue weighted by atomic mass is 79.9. The van der Waals surface area contributed by atoms with Crippen molar-refractivity contribution < 1.29 is 9.52 Å². The highest BCUT2D eigenvalue weighted by Gasteiger charge is 2.31. The second kappa shape index (κ2) is 5.93. The second-order valence-corrected chi connectivity index (χ2v) is 7.55. The van der Waals surface area contributed by atoms with E-state index in [-0.39, 0.29) is 12.6 Å². The van der Waals surface area contributed by atoms with Crippen LogP contribution in [0.15, 0.2) is 20.3 Å². The monoisotopic (exact) mass is 357 g/mol. The van der Waals surface area contributed by atoms with E-state index in [9.17, 15) is 5.11 Å². The zero-order chi connectivity index (χ0) is 14.1. The van der Waals surface area contributed by atoms with Crippen molar-refractivity contribution in [1.29, 1.82) is 0 Å². The predicted octanol–water partition coefficient (Wildman–Crippen LogP) is 2.76. The van der Waals surface area contributed by atoms with Gasteiger partial charge in [0.2, 0.25) is 5.89 Å². The Bertz CT molecular complexity index is 586. The average Bonchev–Trinajstić information content (AvgIpc) is 3.11. The molecule has 0 saturated carbocycles. The SMILES string of the molecule is CC1CCN(Cc2nnc(-c3ccc(Br)s3)o2)C1CO. The molecule has 2 aromatic rings. The van der Waals surface area contributed by atoms with E-state index in [0.717, 1.165) is 21.6 Å². The zero-order valence-corrected chi connectivity index (χ0v) is 13.5. The lowest BCUT2D eigenvalue weighted by molar-refractivity contribution is 0.126. The highest BCUT2D eigenvalue weighted by molar-refractivity contribution is 9.11.